The molecule has 0 bridgehead atoms. The molecule has 0 aliphatic heterocycles. The number of primary amides is 1. The summed E-state index contributed by atoms with van der Waals surface area (Å²) in [6.07, 6.45) is 1.30. The maximum Gasteiger partial charge on any atom is 0.319 e. The molecule has 1 aromatic carbocycles. The number of halogens is 1. The first-order valence-corrected chi connectivity index (χ1v) is 6.44. The number of hydrogen-bond donors (Lipinski definition) is 3. The first-order valence-electron chi connectivity index (χ1n) is 5.65. The van der Waals surface area contributed by atoms with Crippen LogP contribution in [0.4, 0.5) is 10.5 Å². The fraction of sp³-hybridized carbons (Fsp3) is 0.333. The number of amides is 3. The average Bonchev–Trinajstić information content (AvgIpc) is 2.31. The largest absolute Gasteiger partial charge is 0.368 e. The molecule has 0 unspecified atom stereocenters. The maximum absolute atomic E-state index is 11.6. The van der Waals surface area contributed by atoms with E-state index in [1.807, 2.05) is 19.1 Å². The van der Waals surface area contributed by atoms with E-state index in [4.69, 9.17) is 5.73 Å². The van der Waals surface area contributed by atoms with Gasteiger partial charge in [0.25, 0.3) is 0 Å². The highest BCUT2D eigenvalue weighted by Gasteiger charge is 2.16. The Bertz CT molecular complexity index is 420. The minimum Gasteiger partial charge on any atom is -0.368 e. The molecular weight excluding hydrogens is 298 g/mol. The minimum atomic E-state index is -0.634. The summed E-state index contributed by atoms with van der Waals surface area (Å²) in [5.74, 6) is -0.525. The van der Waals surface area contributed by atoms with Gasteiger partial charge in [-0.3, -0.25) is 4.79 Å². The van der Waals surface area contributed by atoms with Crippen molar-refractivity contribution in [3.05, 3.63) is 28.7 Å². The fourth-order valence-corrected chi connectivity index (χ4v) is 1.70. The Balaban J connectivity index is 2.54. The molecule has 0 aliphatic carbocycles. The van der Waals surface area contributed by atoms with E-state index in [1.54, 1.807) is 12.1 Å². The van der Waals surface area contributed by atoms with E-state index in [1.165, 1.54) is 0 Å². The topological polar surface area (TPSA) is 84.2 Å². The molecule has 0 aliphatic rings. The highest BCUT2D eigenvalue weighted by Crippen LogP contribution is 2.13. The van der Waals surface area contributed by atoms with Crippen LogP contribution in [0.1, 0.15) is 19.8 Å². The summed E-state index contributed by atoms with van der Waals surface area (Å²) < 4.78 is 0.925. The van der Waals surface area contributed by atoms with E-state index in [-0.39, 0.29) is 0 Å². The van der Waals surface area contributed by atoms with Crippen LogP contribution < -0.4 is 16.4 Å². The summed E-state index contributed by atoms with van der Waals surface area (Å²) in [7, 11) is 0. The van der Waals surface area contributed by atoms with Crippen molar-refractivity contribution in [2.45, 2.75) is 25.8 Å². The number of urea groups is 1. The van der Waals surface area contributed by atoms with Gasteiger partial charge in [-0.15, -0.1) is 0 Å². The van der Waals surface area contributed by atoms with Crippen molar-refractivity contribution in [2.75, 3.05) is 5.32 Å². The zero-order valence-corrected chi connectivity index (χ0v) is 11.7. The van der Waals surface area contributed by atoms with Crippen molar-refractivity contribution in [2.24, 2.45) is 5.73 Å². The Kier molecular flexibility index (Phi) is 5.64. The van der Waals surface area contributed by atoms with Crippen molar-refractivity contribution in [1.82, 2.24) is 5.32 Å². The molecule has 1 rings (SSSR count). The number of nitrogens with two attached hydrogens (primary N) is 1. The number of carbonyl (C=O) groups excluding carboxylic acids is 2. The quantitative estimate of drug-likeness (QED) is 0.778. The van der Waals surface area contributed by atoms with Crippen molar-refractivity contribution in [1.29, 1.82) is 0 Å². The van der Waals surface area contributed by atoms with Gasteiger partial charge < -0.3 is 16.4 Å². The molecule has 1 atom stereocenters. The zero-order chi connectivity index (χ0) is 13.5. The molecule has 3 amide bonds. The van der Waals surface area contributed by atoms with Gasteiger partial charge in [-0.25, -0.2) is 4.79 Å². The standard InChI is InChI=1S/C12H16BrN3O2/c1-2-3-10(11(14)17)16-12(18)15-9-6-4-8(13)5-7-9/h4-7,10H,2-3H2,1H3,(H2,14,17)(H2,15,16,18)/t10-/m0/s1. The number of hydrogen-bond acceptors (Lipinski definition) is 2. The van der Waals surface area contributed by atoms with Gasteiger partial charge in [-0.05, 0) is 30.7 Å². The predicted octanol–water partition coefficient (Wildman–Crippen LogP) is 2.22. The highest BCUT2D eigenvalue weighted by molar-refractivity contribution is 9.10. The van der Waals surface area contributed by atoms with E-state index in [0.717, 1.165) is 10.9 Å². The minimum absolute atomic E-state index is 0.436. The molecule has 0 saturated heterocycles. The molecule has 5 nitrogen and oxygen atoms in total. The lowest BCUT2D eigenvalue weighted by Crippen LogP contribution is -2.46. The second-order valence-corrected chi connectivity index (χ2v) is 4.76. The van der Waals surface area contributed by atoms with Crippen molar-refractivity contribution in [3.8, 4) is 0 Å². The lowest BCUT2D eigenvalue weighted by molar-refractivity contribution is -0.119. The van der Waals surface area contributed by atoms with Crippen molar-refractivity contribution in [3.63, 3.8) is 0 Å². The number of benzene rings is 1. The fourth-order valence-electron chi connectivity index (χ4n) is 1.43. The predicted molar refractivity (Wildman–Crippen MR) is 74.2 cm³/mol. The molecular formula is C12H16BrN3O2. The molecule has 0 fully saturated rings. The third-order valence-electron chi connectivity index (χ3n) is 2.33. The van der Waals surface area contributed by atoms with E-state index in [2.05, 4.69) is 26.6 Å². The molecule has 4 N–H and O–H groups in total. The van der Waals surface area contributed by atoms with E-state index < -0.39 is 18.0 Å². The van der Waals surface area contributed by atoms with Gasteiger partial charge in [-0.2, -0.15) is 0 Å². The average molecular weight is 314 g/mol. The maximum atomic E-state index is 11.6. The summed E-state index contributed by atoms with van der Waals surface area (Å²) in [6, 6.07) is 6.06. The molecule has 98 valence electrons. The number of rotatable bonds is 5. The smallest absolute Gasteiger partial charge is 0.319 e. The second kappa shape index (κ2) is 7.00. The van der Waals surface area contributed by atoms with Crippen LogP contribution in [0, 0.1) is 0 Å². The molecule has 1 aromatic rings. The summed E-state index contributed by atoms with van der Waals surface area (Å²) in [4.78, 5) is 22.7. The van der Waals surface area contributed by atoms with Crippen LogP contribution >= 0.6 is 15.9 Å². The molecule has 0 spiro atoms. The van der Waals surface area contributed by atoms with Gasteiger partial charge in [0.1, 0.15) is 6.04 Å². The Labute approximate surface area is 114 Å². The lowest BCUT2D eigenvalue weighted by Gasteiger charge is -2.15. The molecule has 0 radical (unpaired) electrons. The summed E-state index contributed by atoms with van der Waals surface area (Å²) in [6.45, 7) is 1.92. The molecule has 0 aromatic heterocycles. The first-order chi connectivity index (χ1) is 8.52. The van der Waals surface area contributed by atoms with Crippen LogP contribution in [0.15, 0.2) is 28.7 Å². The highest BCUT2D eigenvalue weighted by atomic mass is 79.9. The van der Waals surface area contributed by atoms with Gasteiger partial charge >= 0.3 is 6.03 Å². The second-order valence-electron chi connectivity index (χ2n) is 3.85. The van der Waals surface area contributed by atoms with Crippen LogP contribution in [-0.4, -0.2) is 18.0 Å². The SMILES string of the molecule is CCC[C@H](NC(=O)Nc1ccc(Br)cc1)C(N)=O. The Hall–Kier alpha value is -1.56. The van der Waals surface area contributed by atoms with Gasteiger partial charge in [0.05, 0.1) is 0 Å². The van der Waals surface area contributed by atoms with Crippen LogP contribution in [0.2, 0.25) is 0 Å². The summed E-state index contributed by atoms with van der Waals surface area (Å²) >= 11 is 3.30. The lowest BCUT2D eigenvalue weighted by atomic mass is 10.1. The monoisotopic (exact) mass is 313 g/mol. The number of anilines is 1. The van der Waals surface area contributed by atoms with E-state index in [0.29, 0.717) is 12.1 Å². The first kappa shape index (κ1) is 14.5. The van der Waals surface area contributed by atoms with Crippen LogP contribution in [-0.2, 0) is 4.79 Å². The van der Waals surface area contributed by atoms with E-state index >= 15 is 0 Å². The Morgan fingerprint density at radius 2 is 1.94 bits per heavy atom. The van der Waals surface area contributed by atoms with E-state index in [9.17, 15) is 9.59 Å². The molecule has 6 heteroatoms. The van der Waals surface area contributed by atoms with Gasteiger partial charge in [0, 0.05) is 10.2 Å². The third-order valence-corrected chi connectivity index (χ3v) is 2.86. The molecule has 0 heterocycles. The van der Waals surface area contributed by atoms with Crippen LogP contribution in [0.3, 0.4) is 0 Å². The summed E-state index contributed by atoms with van der Waals surface area (Å²) in [5, 5.41) is 5.18. The number of nitrogens with one attached hydrogen (secondary N) is 2. The van der Waals surface area contributed by atoms with Gasteiger partial charge in [0.2, 0.25) is 5.91 Å². The Morgan fingerprint density at radius 3 is 2.44 bits per heavy atom. The Morgan fingerprint density at radius 1 is 1.33 bits per heavy atom. The van der Waals surface area contributed by atoms with Crippen LogP contribution in [0.5, 0.6) is 0 Å². The zero-order valence-electron chi connectivity index (χ0n) is 10.1. The van der Waals surface area contributed by atoms with Gasteiger partial charge in [0.15, 0.2) is 0 Å². The van der Waals surface area contributed by atoms with Crippen molar-refractivity contribution >= 4 is 33.6 Å². The molecule has 0 saturated carbocycles. The van der Waals surface area contributed by atoms with Crippen molar-refractivity contribution < 1.29 is 9.59 Å². The van der Waals surface area contributed by atoms with Crippen LogP contribution in [0.25, 0.3) is 0 Å². The van der Waals surface area contributed by atoms with Gasteiger partial charge in [-0.1, -0.05) is 29.3 Å². The molecule has 18 heavy (non-hydrogen) atoms. The third kappa shape index (κ3) is 4.75. The number of carbonyl (C=O) groups is 2. The normalized spacial score (nSPS) is 11.7. The summed E-state index contributed by atoms with van der Waals surface area (Å²) in [5.41, 5.74) is 5.85.